The molecule has 1 heterocycles. The fourth-order valence-electron chi connectivity index (χ4n) is 2.55. The molecule has 1 aromatic heterocycles. The summed E-state index contributed by atoms with van der Waals surface area (Å²) in [4.78, 5) is 16.3. The van der Waals surface area contributed by atoms with Crippen molar-refractivity contribution in [1.82, 2.24) is 10.3 Å². The Morgan fingerprint density at radius 1 is 1.17 bits per heavy atom. The number of carbonyl (C=O) groups is 1. The third-order valence-electron chi connectivity index (χ3n) is 3.73. The number of alkyl carbamates (subject to hydrolysis) is 1. The molecular formula is C19H17ClN2O2. The molecule has 0 aliphatic rings. The van der Waals surface area contributed by atoms with Gasteiger partial charge in [-0.05, 0) is 30.2 Å². The molecule has 0 fully saturated rings. The third kappa shape index (κ3) is 3.84. The molecule has 2 aromatic carbocycles. The number of aromatic nitrogens is 1. The molecule has 1 unspecified atom stereocenters. The summed E-state index contributed by atoms with van der Waals surface area (Å²) in [5, 5.41) is 4.19. The van der Waals surface area contributed by atoms with E-state index in [0.29, 0.717) is 5.15 Å². The normalized spacial score (nSPS) is 11.9. The number of ether oxygens (including phenoxy) is 1. The Morgan fingerprint density at radius 2 is 1.88 bits per heavy atom. The van der Waals surface area contributed by atoms with Crippen LogP contribution >= 0.6 is 11.6 Å². The average molecular weight is 341 g/mol. The van der Waals surface area contributed by atoms with Crippen molar-refractivity contribution in [3.63, 3.8) is 0 Å². The molecule has 0 aliphatic heterocycles. The summed E-state index contributed by atoms with van der Waals surface area (Å²) in [7, 11) is 0. The van der Waals surface area contributed by atoms with Crippen LogP contribution in [0.15, 0.2) is 60.7 Å². The molecule has 1 N–H and O–H groups in total. The SMILES string of the molecule is CC(NC(=O)OCc1ccccc1)c1cc(Cl)nc2ccccc12. The Morgan fingerprint density at radius 3 is 2.67 bits per heavy atom. The second-order valence-electron chi connectivity index (χ2n) is 5.48. The van der Waals surface area contributed by atoms with Crippen molar-refractivity contribution in [3.05, 3.63) is 76.9 Å². The summed E-state index contributed by atoms with van der Waals surface area (Å²) in [6.07, 6.45) is -0.469. The van der Waals surface area contributed by atoms with Gasteiger partial charge in [-0.1, -0.05) is 60.1 Å². The van der Waals surface area contributed by atoms with Crippen molar-refractivity contribution in [2.45, 2.75) is 19.6 Å². The van der Waals surface area contributed by atoms with E-state index in [1.54, 1.807) is 6.07 Å². The molecule has 1 amide bonds. The maximum absolute atomic E-state index is 12.0. The summed E-state index contributed by atoms with van der Waals surface area (Å²) < 4.78 is 5.26. The van der Waals surface area contributed by atoms with Gasteiger partial charge in [0.1, 0.15) is 11.8 Å². The van der Waals surface area contributed by atoms with Crippen molar-refractivity contribution in [1.29, 1.82) is 0 Å². The van der Waals surface area contributed by atoms with E-state index in [9.17, 15) is 4.79 Å². The van der Waals surface area contributed by atoms with E-state index in [1.807, 2.05) is 61.5 Å². The minimum absolute atomic E-state index is 0.233. The Labute approximate surface area is 145 Å². The smallest absolute Gasteiger partial charge is 0.407 e. The number of amides is 1. The monoisotopic (exact) mass is 340 g/mol. The van der Waals surface area contributed by atoms with Gasteiger partial charge >= 0.3 is 6.09 Å². The number of hydrogen-bond acceptors (Lipinski definition) is 3. The minimum Gasteiger partial charge on any atom is -0.445 e. The van der Waals surface area contributed by atoms with Crippen LogP contribution in [0.2, 0.25) is 5.15 Å². The van der Waals surface area contributed by atoms with Crippen LogP contribution in [0, 0.1) is 0 Å². The highest BCUT2D eigenvalue weighted by atomic mass is 35.5. The molecule has 0 bridgehead atoms. The maximum Gasteiger partial charge on any atom is 0.407 e. The maximum atomic E-state index is 12.0. The molecule has 0 saturated heterocycles. The Hall–Kier alpha value is -2.59. The van der Waals surface area contributed by atoms with Gasteiger partial charge in [-0.25, -0.2) is 9.78 Å². The number of benzene rings is 2. The molecule has 3 aromatic rings. The minimum atomic E-state index is -0.469. The molecule has 5 heteroatoms. The molecule has 0 radical (unpaired) electrons. The molecule has 24 heavy (non-hydrogen) atoms. The lowest BCUT2D eigenvalue weighted by molar-refractivity contribution is 0.136. The van der Waals surface area contributed by atoms with Crippen molar-refractivity contribution in [3.8, 4) is 0 Å². The van der Waals surface area contributed by atoms with E-state index >= 15 is 0 Å². The summed E-state index contributed by atoms with van der Waals surface area (Å²) >= 11 is 6.09. The first-order valence-electron chi connectivity index (χ1n) is 7.66. The average Bonchev–Trinajstić information content (AvgIpc) is 2.60. The zero-order valence-electron chi connectivity index (χ0n) is 13.2. The highest BCUT2D eigenvalue weighted by Crippen LogP contribution is 2.26. The van der Waals surface area contributed by atoms with Crippen LogP contribution in [0.3, 0.4) is 0 Å². The quantitative estimate of drug-likeness (QED) is 0.689. The lowest BCUT2D eigenvalue weighted by Crippen LogP contribution is -2.27. The van der Waals surface area contributed by atoms with Gasteiger partial charge in [-0.2, -0.15) is 0 Å². The first-order valence-corrected chi connectivity index (χ1v) is 8.03. The van der Waals surface area contributed by atoms with Crippen molar-refractivity contribution in [2.24, 2.45) is 0 Å². The molecule has 0 spiro atoms. The van der Waals surface area contributed by atoms with Crippen molar-refractivity contribution < 1.29 is 9.53 Å². The molecule has 3 rings (SSSR count). The lowest BCUT2D eigenvalue weighted by atomic mass is 10.0. The van der Waals surface area contributed by atoms with Crippen LogP contribution in [0.4, 0.5) is 4.79 Å². The van der Waals surface area contributed by atoms with E-state index in [2.05, 4.69) is 10.3 Å². The molecule has 1 atom stereocenters. The van der Waals surface area contributed by atoms with Gasteiger partial charge in [0.2, 0.25) is 0 Å². The number of hydrogen-bond donors (Lipinski definition) is 1. The topological polar surface area (TPSA) is 51.2 Å². The molecule has 122 valence electrons. The number of rotatable bonds is 4. The van der Waals surface area contributed by atoms with Gasteiger partial charge in [0.15, 0.2) is 0 Å². The zero-order chi connectivity index (χ0) is 16.9. The van der Waals surface area contributed by atoms with Gasteiger partial charge in [-0.3, -0.25) is 0 Å². The summed E-state index contributed by atoms with van der Waals surface area (Å²) in [6.45, 7) is 2.12. The van der Waals surface area contributed by atoms with E-state index in [1.165, 1.54) is 0 Å². The fraction of sp³-hybridized carbons (Fsp3) is 0.158. The van der Waals surface area contributed by atoms with Gasteiger partial charge in [0.25, 0.3) is 0 Å². The third-order valence-corrected chi connectivity index (χ3v) is 3.92. The van der Waals surface area contributed by atoms with Gasteiger partial charge in [-0.15, -0.1) is 0 Å². The predicted molar refractivity (Wildman–Crippen MR) is 94.9 cm³/mol. The highest BCUT2D eigenvalue weighted by molar-refractivity contribution is 6.30. The summed E-state index contributed by atoms with van der Waals surface area (Å²) in [5.74, 6) is 0. The molecule has 4 nitrogen and oxygen atoms in total. The molecule has 0 aliphatic carbocycles. The largest absolute Gasteiger partial charge is 0.445 e. The first kappa shape index (κ1) is 16.3. The van der Waals surface area contributed by atoms with Crippen LogP contribution < -0.4 is 5.32 Å². The number of pyridine rings is 1. The van der Waals surface area contributed by atoms with Gasteiger partial charge in [0, 0.05) is 5.39 Å². The standard InChI is InChI=1S/C19H17ClN2O2/c1-13(21-19(23)24-12-14-7-3-2-4-8-14)16-11-18(20)22-17-10-6-5-9-15(16)17/h2-11,13H,12H2,1H3,(H,21,23). The molecule has 0 saturated carbocycles. The number of halogens is 1. The Balaban J connectivity index is 1.70. The van der Waals surface area contributed by atoms with Crippen LogP contribution in [0.1, 0.15) is 24.1 Å². The summed E-state index contributed by atoms with van der Waals surface area (Å²) in [5.41, 5.74) is 2.64. The number of fused-ring (bicyclic) bond motifs is 1. The van der Waals surface area contributed by atoms with E-state index in [4.69, 9.17) is 16.3 Å². The van der Waals surface area contributed by atoms with E-state index in [0.717, 1.165) is 22.0 Å². The Kier molecular flexibility index (Phi) is 4.96. The van der Waals surface area contributed by atoms with Crippen LogP contribution in [-0.4, -0.2) is 11.1 Å². The van der Waals surface area contributed by atoms with E-state index in [-0.39, 0.29) is 12.6 Å². The van der Waals surface area contributed by atoms with Crippen LogP contribution in [0.5, 0.6) is 0 Å². The number of nitrogens with one attached hydrogen (secondary N) is 1. The van der Waals surface area contributed by atoms with Crippen molar-refractivity contribution >= 4 is 28.6 Å². The van der Waals surface area contributed by atoms with Gasteiger partial charge < -0.3 is 10.1 Å². The Bertz CT molecular complexity index is 852. The summed E-state index contributed by atoms with van der Waals surface area (Å²) in [6, 6.07) is 18.8. The zero-order valence-corrected chi connectivity index (χ0v) is 14.0. The second kappa shape index (κ2) is 7.32. The number of nitrogens with zero attached hydrogens (tertiary/aromatic N) is 1. The highest BCUT2D eigenvalue weighted by Gasteiger charge is 2.15. The van der Waals surface area contributed by atoms with Crippen molar-refractivity contribution in [2.75, 3.05) is 0 Å². The van der Waals surface area contributed by atoms with E-state index < -0.39 is 6.09 Å². The number of para-hydroxylation sites is 1. The molecular weight excluding hydrogens is 324 g/mol. The van der Waals surface area contributed by atoms with Gasteiger partial charge in [0.05, 0.1) is 11.6 Å². The van der Waals surface area contributed by atoms with Crippen LogP contribution in [-0.2, 0) is 11.3 Å². The fourth-order valence-corrected chi connectivity index (χ4v) is 2.75. The van der Waals surface area contributed by atoms with Crippen LogP contribution in [0.25, 0.3) is 10.9 Å². The number of carbonyl (C=O) groups excluding carboxylic acids is 1. The lowest BCUT2D eigenvalue weighted by Gasteiger charge is -2.16. The second-order valence-corrected chi connectivity index (χ2v) is 5.87. The predicted octanol–water partition coefficient (Wildman–Crippen LogP) is 4.88. The first-order chi connectivity index (χ1) is 11.6.